The summed E-state index contributed by atoms with van der Waals surface area (Å²) in [5.74, 6) is 1.16. The first-order valence-electron chi connectivity index (χ1n) is 6.92. The maximum absolute atomic E-state index is 3.60. The summed E-state index contributed by atoms with van der Waals surface area (Å²) in [7, 11) is 0. The zero-order valence-corrected chi connectivity index (χ0v) is 13.0. The molecule has 0 heterocycles. The van der Waals surface area contributed by atoms with Gasteiger partial charge in [0.1, 0.15) is 0 Å². The van der Waals surface area contributed by atoms with Crippen molar-refractivity contribution in [2.45, 2.75) is 51.5 Å². The second-order valence-corrected chi connectivity index (χ2v) is 7.07. The Hall–Kier alpha value is -0.470. The van der Waals surface area contributed by atoms with E-state index < -0.39 is 0 Å². The average Bonchev–Trinajstić information content (AvgIpc) is 2.33. The van der Waals surface area contributed by atoms with Gasteiger partial charge in [0.15, 0.2) is 0 Å². The molecule has 1 unspecified atom stereocenters. The lowest BCUT2D eigenvalue weighted by Gasteiger charge is -2.23. The smallest absolute Gasteiger partial charge is 0.0161 e. The Morgan fingerprint density at radius 3 is 2.39 bits per heavy atom. The third kappa shape index (κ3) is 7.07. The molecule has 0 fully saturated rings. The van der Waals surface area contributed by atoms with Crippen molar-refractivity contribution in [1.29, 1.82) is 0 Å². The molecule has 0 amide bonds. The minimum Gasteiger partial charge on any atom is -0.313 e. The molecule has 0 aromatic heterocycles. The van der Waals surface area contributed by atoms with E-state index in [1.165, 1.54) is 17.7 Å². The topological polar surface area (TPSA) is 12.0 Å². The lowest BCUT2D eigenvalue weighted by molar-refractivity contribution is 0.340. The van der Waals surface area contributed by atoms with Crippen molar-refractivity contribution in [3.05, 3.63) is 30.3 Å². The fourth-order valence-electron chi connectivity index (χ4n) is 1.85. The van der Waals surface area contributed by atoms with Gasteiger partial charge in [0.25, 0.3) is 0 Å². The normalized spacial score (nSPS) is 13.6. The molecular formula is C16H27NS. The van der Waals surface area contributed by atoms with Crippen LogP contribution in [0.3, 0.4) is 0 Å². The standard InChI is InChI=1S/C16H27NS/c1-5-17-14(11-12-16(2,3)4)13-18-15-9-7-6-8-10-15/h6-10,14,17H,5,11-13H2,1-4H3. The molecule has 0 radical (unpaired) electrons. The highest BCUT2D eigenvalue weighted by Gasteiger charge is 2.14. The van der Waals surface area contributed by atoms with Crippen molar-refractivity contribution >= 4 is 11.8 Å². The van der Waals surface area contributed by atoms with Gasteiger partial charge in [-0.2, -0.15) is 0 Å². The van der Waals surface area contributed by atoms with E-state index in [9.17, 15) is 0 Å². The summed E-state index contributed by atoms with van der Waals surface area (Å²) in [6, 6.07) is 11.3. The Morgan fingerprint density at radius 1 is 1.17 bits per heavy atom. The molecule has 1 aromatic rings. The Morgan fingerprint density at radius 2 is 1.83 bits per heavy atom. The maximum Gasteiger partial charge on any atom is 0.0161 e. The zero-order chi connectivity index (χ0) is 13.4. The third-order valence-corrected chi connectivity index (χ3v) is 4.10. The number of hydrogen-bond donors (Lipinski definition) is 1. The molecule has 102 valence electrons. The van der Waals surface area contributed by atoms with Crippen LogP contribution in [0.25, 0.3) is 0 Å². The molecule has 18 heavy (non-hydrogen) atoms. The number of hydrogen-bond acceptors (Lipinski definition) is 2. The molecule has 0 saturated heterocycles. The van der Waals surface area contributed by atoms with Crippen LogP contribution in [0.1, 0.15) is 40.5 Å². The molecule has 0 bridgehead atoms. The fourth-order valence-corrected chi connectivity index (χ4v) is 2.88. The van der Waals surface area contributed by atoms with Crippen molar-refractivity contribution in [3.63, 3.8) is 0 Å². The van der Waals surface area contributed by atoms with Gasteiger partial charge >= 0.3 is 0 Å². The molecule has 0 aliphatic heterocycles. The summed E-state index contributed by atoms with van der Waals surface area (Å²) in [6.45, 7) is 10.2. The summed E-state index contributed by atoms with van der Waals surface area (Å²) < 4.78 is 0. The minimum absolute atomic E-state index is 0.436. The van der Waals surface area contributed by atoms with Crippen LogP contribution in [-0.2, 0) is 0 Å². The molecular weight excluding hydrogens is 238 g/mol. The second-order valence-electron chi connectivity index (χ2n) is 5.98. The molecule has 1 aromatic carbocycles. The van der Waals surface area contributed by atoms with Gasteiger partial charge in [-0.05, 0) is 36.9 Å². The van der Waals surface area contributed by atoms with E-state index in [2.05, 4.69) is 63.3 Å². The number of rotatable bonds is 7. The lowest BCUT2D eigenvalue weighted by Crippen LogP contribution is -2.32. The summed E-state index contributed by atoms with van der Waals surface area (Å²) in [6.07, 6.45) is 2.54. The molecule has 0 spiro atoms. The Labute approximate surface area is 117 Å². The van der Waals surface area contributed by atoms with Crippen LogP contribution >= 0.6 is 11.8 Å². The molecule has 1 N–H and O–H groups in total. The first-order valence-corrected chi connectivity index (χ1v) is 7.91. The van der Waals surface area contributed by atoms with Gasteiger partial charge < -0.3 is 5.32 Å². The van der Waals surface area contributed by atoms with Crippen LogP contribution in [0.5, 0.6) is 0 Å². The number of benzene rings is 1. The van der Waals surface area contributed by atoms with Gasteiger partial charge in [-0.15, -0.1) is 11.8 Å². The van der Waals surface area contributed by atoms with Crippen LogP contribution in [0.2, 0.25) is 0 Å². The fraction of sp³-hybridized carbons (Fsp3) is 0.625. The predicted molar refractivity (Wildman–Crippen MR) is 83.3 cm³/mol. The van der Waals surface area contributed by atoms with Crippen LogP contribution in [0.4, 0.5) is 0 Å². The molecule has 1 rings (SSSR count). The van der Waals surface area contributed by atoms with Crippen molar-refractivity contribution in [2.75, 3.05) is 12.3 Å². The summed E-state index contributed by atoms with van der Waals surface area (Å²) in [5.41, 5.74) is 0.436. The van der Waals surface area contributed by atoms with Gasteiger partial charge in [-0.3, -0.25) is 0 Å². The molecule has 0 aliphatic carbocycles. The molecule has 0 saturated carbocycles. The monoisotopic (exact) mass is 265 g/mol. The van der Waals surface area contributed by atoms with Crippen molar-refractivity contribution in [2.24, 2.45) is 5.41 Å². The highest BCUT2D eigenvalue weighted by Crippen LogP contribution is 2.24. The first-order chi connectivity index (χ1) is 8.51. The molecule has 1 nitrogen and oxygen atoms in total. The Balaban J connectivity index is 2.38. The molecule has 1 atom stereocenters. The van der Waals surface area contributed by atoms with E-state index in [0.29, 0.717) is 11.5 Å². The van der Waals surface area contributed by atoms with Gasteiger partial charge in [0.05, 0.1) is 0 Å². The Kier molecular flexibility index (Phi) is 6.80. The summed E-state index contributed by atoms with van der Waals surface area (Å²) in [5, 5.41) is 3.60. The minimum atomic E-state index is 0.436. The van der Waals surface area contributed by atoms with Gasteiger partial charge in [0, 0.05) is 16.7 Å². The van der Waals surface area contributed by atoms with Gasteiger partial charge in [-0.25, -0.2) is 0 Å². The van der Waals surface area contributed by atoms with Crippen molar-refractivity contribution < 1.29 is 0 Å². The molecule has 0 aliphatic rings. The van der Waals surface area contributed by atoms with E-state index in [1.54, 1.807) is 0 Å². The van der Waals surface area contributed by atoms with E-state index in [-0.39, 0.29) is 0 Å². The lowest BCUT2D eigenvalue weighted by atomic mass is 9.89. The first kappa shape index (κ1) is 15.6. The average molecular weight is 265 g/mol. The second kappa shape index (κ2) is 7.85. The zero-order valence-electron chi connectivity index (χ0n) is 12.2. The molecule has 2 heteroatoms. The van der Waals surface area contributed by atoms with E-state index in [1.807, 2.05) is 11.8 Å². The predicted octanol–water partition coefficient (Wildman–Crippen LogP) is 4.58. The van der Waals surface area contributed by atoms with E-state index in [4.69, 9.17) is 0 Å². The van der Waals surface area contributed by atoms with Crippen LogP contribution in [0, 0.1) is 5.41 Å². The van der Waals surface area contributed by atoms with E-state index in [0.717, 1.165) is 12.3 Å². The van der Waals surface area contributed by atoms with Crippen molar-refractivity contribution in [3.8, 4) is 0 Å². The third-order valence-electron chi connectivity index (χ3n) is 2.93. The van der Waals surface area contributed by atoms with Crippen molar-refractivity contribution in [1.82, 2.24) is 5.32 Å². The maximum atomic E-state index is 3.60. The highest BCUT2D eigenvalue weighted by atomic mass is 32.2. The van der Waals surface area contributed by atoms with Crippen LogP contribution in [0.15, 0.2) is 35.2 Å². The summed E-state index contributed by atoms with van der Waals surface area (Å²) in [4.78, 5) is 1.37. The van der Waals surface area contributed by atoms with Crippen LogP contribution in [-0.4, -0.2) is 18.3 Å². The SMILES string of the molecule is CCNC(CCC(C)(C)C)CSc1ccccc1. The number of nitrogens with one attached hydrogen (secondary N) is 1. The van der Waals surface area contributed by atoms with Gasteiger partial charge in [-0.1, -0.05) is 45.9 Å². The largest absolute Gasteiger partial charge is 0.313 e. The summed E-state index contributed by atoms with van der Waals surface area (Å²) >= 11 is 1.96. The number of thioether (sulfide) groups is 1. The van der Waals surface area contributed by atoms with E-state index >= 15 is 0 Å². The van der Waals surface area contributed by atoms with Crippen LogP contribution < -0.4 is 5.32 Å². The highest BCUT2D eigenvalue weighted by molar-refractivity contribution is 7.99. The Bertz CT molecular complexity index is 316. The quantitative estimate of drug-likeness (QED) is 0.724. The van der Waals surface area contributed by atoms with Gasteiger partial charge in [0.2, 0.25) is 0 Å².